The van der Waals surface area contributed by atoms with Gasteiger partial charge in [0.25, 0.3) is 0 Å². The molecule has 0 saturated carbocycles. The van der Waals surface area contributed by atoms with E-state index in [4.69, 9.17) is 9.97 Å². The van der Waals surface area contributed by atoms with Gasteiger partial charge in [-0.1, -0.05) is 206 Å². The van der Waals surface area contributed by atoms with E-state index >= 15 is 0 Å². The van der Waals surface area contributed by atoms with Gasteiger partial charge in [0.2, 0.25) is 5.95 Å². The number of fused-ring (bicyclic) bond motifs is 12. The minimum atomic E-state index is 0.625. The Hall–Kier alpha value is -10.4. The minimum absolute atomic E-state index is 0.625. The first-order valence-corrected chi connectivity index (χ1v) is 26.3. The fourth-order valence-corrected chi connectivity index (χ4v) is 12.4. The van der Waals surface area contributed by atoms with Crippen LogP contribution in [0.3, 0.4) is 0 Å². The summed E-state index contributed by atoms with van der Waals surface area (Å²) in [6, 6.07) is 98.7. The summed E-state index contributed by atoms with van der Waals surface area (Å²) in [6.45, 7) is 0. The highest BCUT2D eigenvalue weighted by Crippen LogP contribution is 2.44. The van der Waals surface area contributed by atoms with Gasteiger partial charge in [0.1, 0.15) is 0 Å². The van der Waals surface area contributed by atoms with Gasteiger partial charge in [0.15, 0.2) is 0 Å². The molecule has 0 bridgehead atoms. The van der Waals surface area contributed by atoms with E-state index in [1.807, 2.05) is 0 Å². The summed E-state index contributed by atoms with van der Waals surface area (Å²) in [6.07, 6.45) is 0. The molecule has 4 heterocycles. The quantitative estimate of drug-likeness (QED) is 0.160. The number of aromatic nitrogens is 5. The molecule has 0 N–H and O–H groups in total. The predicted octanol–water partition coefficient (Wildman–Crippen LogP) is 18.7. The highest BCUT2D eigenvalue weighted by molar-refractivity contribution is 6.29. The van der Waals surface area contributed by atoms with Crippen molar-refractivity contribution in [3.8, 4) is 62.1 Å². The van der Waals surface area contributed by atoms with Crippen molar-refractivity contribution in [2.75, 3.05) is 0 Å². The Morgan fingerprint density at radius 3 is 1.25 bits per heavy atom. The van der Waals surface area contributed by atoms with Crippen molar-refractivity contribution in [2.24, 2.45) is 0 Å². The topological polar surface area (TPSA) is 40.6 Å². The molecular formula is C72H45N5. The molecule has 0 saturated heterocycles. The van der Waals surface area contributed by atoms with Gasteiger partial charge in [0.05, 0.1) is 44.5 Å². The monoisotopic (exact) mass is 979 g/mol. The molecule has 0 fully saturated rings. The lowest BCUT2D eigenvalue weighted by Gasteiger charge is -2.14. The van der Waals surface area contributed by atoms with Crippen LogP contribution in [-0.2, 0) is 0 Å². The van der Waals surface area contributed by atoms with E-state index in [0.717, 1.165) is 77.5 Å². The van der Waals surface area contributed by atoms with Gasteiger partial charge in [-0.25, -0.2) is 9.97 Å². The molecule has 4 aromatic heterocycles. The van der Waals surface area contributed by atoms with Crippen LogP contribution in [0.4, 0.5) is 0 Å². The van der Waals surface area contributed by atoms with Gasteiger partial charge >= 0.3 is 0 Å². The van der Waals surface area contributed by atoms with Crippen molar-refractivity contribution < 1.29 is 0 Å². The van der Waals surface area contributed by atoms with Crippen LogP contribution in [-0.4, -0.2) is 23.7 Å². The first kappa shape index (κ1) is 43.1. The van der Waals surface area contributed by atoms with E-state index in [9.17, 15) is 0 Å². The largest absolute Gasteiger partial charge is 0.309 e. The van der Waals surface area contributed by atoms with Crippen LogP contribution in [0.5, 0.6) is 0 Å². The van der Waals surface area contributed by atoms with Gasteiger partial charge in [-0.05, 0) is 111 Å². The van der Waals surface area contributed by atoms with E-state index in [2.05, 4.69) is 287 Å². The Kier molecular flexibility index (Phi) is 9.57. The average Bonchev–Trinajstić information content (AvgIpc) is 4.24. The summed E-state index contributed by atoms with van der Waals surface area (Å²) < 4.78 is 7.16. The molecule has 16 rings (SSSR count). The van der Waals surface area contributed by atoms with Crippen molar-refractivity contribution in [1.29, 1.82) is 0 Å². The molecule has 0 aliphatic carbocycles. The number of nitrogens with zero attached hydrogens (tertiary/aromatic N) is 5. The van der Waals surface area contributed by atoms with E-state index in [0.29, 0.717) is 5.95 Å². The number of rotatable bonds is 7. The molecule has 0 radical (unpaired) electrons. The molecule has 16 aromatic rings. The zero-order valence-corrected chi connectivity index (χ0v) is 41.7. The standard InChI is InChI=1S/C72H45N5/c1-2-17-46(18-3-1)47-35-37-48(38-36-47)51-23-14-24-52(43-51)75-65-33-12-9-28-59(65)70-68(75)41-42-69-71(70)60-29-10-13-34-66(60)76(69)53-39-40-67-61(44-53)58-27-8-11-32-64(58)77(67)72-73-62(56-30-15-21-49-19-4-6-25-54(49)56)45-63(74-72)57-31-16-22-50-20-5-7-26-55(50)57/h1-45H. The SMILES string of the molecule is c1ccc(-c2ccc(-c3cccc(-n4c5ccccc5c5c6c7ccccc7n(-c7ccc8c(c7)c7ccccc7n8-c7nc(-c8cccc9ccccc89)cc(-c8cccc9ccccc89)n7)c6ccc54)c3)cc2)cc1. The van der Waals surface area contributed by atoms with E-state index in [1.54, 1.807) is 0 Å². The lowest BCUT2D eigenvalue weighted by atomic mass is 9.99. The third-order valence-corrected chi connectivity index (χ3v) is 15.9. The van der Waals surface area contributed by atoms with E-state index < -0.39 is 0 Å². The van der Waals surface area contributed by atoms with E-state index in [1.165, 1.54) is 65.6 Å². The number of hydrogen-bond donors (Lipinski definition) is 0. The highest BCUT2D eigenvalue weighted by Gasteiger charge is 2.23. The lowest BCUT2D eigenvalue weighted by molar-refractivity contribution is 0.996. The van der Waals surface area contributed by atoms with Crippen LogP contribution in [0.2, 0.25) is 0 Å². The summed E-state index contributed by atoms with van der Waals surface area (Å²) in [4.78, 5) is 11.0. The molecule has 12 aromatic carbocycles. The Balaban J connectivity index is 0.882. The third kappa shape index (κ3) is 6.74. The zero-order valence-electron chi connectivity index (χ0n) is 41.7. The molecular weight excluding hydrogens is 935 g/mol. The van der Waals surface area contributed by atoms with Crippen molar-refractivity contribution in [2.45, 2.75) is 0 Å². The summed E-state index contributed by atoms with van der Waals surface area (Å²) >= 11 is 0. The average molecular weight is 980 g/mol. The zero-order chi connectivity index (χ0) is 50.6. The molecule has 0 atom stereocenters. The fourth-order valence-electron chi connectivity index (χ4n) is 12.4. The molecule has 0 unspecified atom stereocenters. The van der Waals surface area contributed by atoms with Crippen LogP contribution in [0.15, 0.2) is 273 Å². The molecule has 0 aliphatic heterocycles. The maximum atomic E-state index is 5.51. The maximum Gasteiger partial charge on any atom is 0.235 e. The Morgan fingerprint density at radius 2 is 0.649 bits per heavy atom. The number of hydrogen-bond acceptors (Lipinski definition) is 2. The van der Waals surface area contributed by atoms with Gasteiger partial charge in [-0.3, -0.25) is 4.57 Å². The summed E-state index contributed by atoms with van der Waals surface area (Å²) in [7, 11) is 0. The van der Waals surface area contributed by atoms with E-state index in [-0.39, 0.29) is 0 Å². The van der Waals surface area contributed by atoms with Crippen molar-refractivity contribution in [3.63, 3.8) is 0 Å². The Bertz CT molecular complexity index is 4930. The number of para-hydroxylation sites is 3. The molecule has 77 heavy (non-hydrogen) atoms. The van der Waals surface area contributed by atoms with Crippen LogP contribution in [0, 0.1) is 0 Å². The van der Waals surface area contributed by atoms with Crippen LogP contribution < -0.4 is 0 Å². The van der Waals surface area contributed by atoms with Gasteiger partial charge < -0.3 is 9.13 Å². The lowest BCUT2D eigenvalue weighted by Crippen LogP contribution is -2.04. The first-order chi connectivity index (χ1) is 38.2. The maximum absolute atomic E-state index is 5.51. The normalized spacial score (nSPS) is 11.9. The summed E-state index contributed by atoms with van der Waals surface area (Å²) in [5.74, 6) is 0.625. The first-order valence-electron chi connectivity index (χ1n) is 26.3. The summed E-state index contributed by atoms with van der Waals surface area (Å²) in [5, 5.41) is 11.8. The summed E-state index contributed by atoms with van der Waals surface area (Å²) in [5.41, 5.74) is 17.6. The Labute approximate surface area is 443 Å². The molecule has 5 nitrogen and oxygen atoms in total. The number of benzene rings is 12. The second-order valence-corrected chi connectivity index (χ2v) is 20.1. The predicted molar refractivity (Wildman–Crippen MR) is 322 cm³/mol. The highest BCUT2D eigenvalue weighted by atomic mass is 15.2. The minimum Gasteiger partial charge on any atom is -0.309 e. The molecule has 0 aliphatic rings. The second-order valence-electron chi connectivity index (χ2n) is 20.1. The fraction of sp³-hybridized carbons (Fsp3) is 0. The van der Waals surface area contributed by atoms with Crippen molar-refractivity contribution in [3.05, 3.63) is 273 Å². The van der Waals surface area contributed by atoms with Crippen molar-refractivity contribution >= 4 is 87.0 Å². The molecule has 0 spiro atoms. The molecule has 358 valence electrons. The van der Waals surface area contributed by atoms with Gasteiger partial charge in [-0.15, -0.1) is 0 Å². The van der Waals surface area contributed by atoms with Crippen molar-refractivity contribution in [1.82, 2.24) is 23.7 Å². The third-order valence-electron chi connectivity index (χ3n) is 15.9. The van der Waals surface area contributed by atoms with Crippen LogP contribution in [0.25, 0.3) is 149 Å². The smallest absolute Gasteiger partial charge is 0.235 e. The Morgan fingerprint density at radius 1 is 0.234 bits per heavy atom. The molecule has 0 amide bonds. The van der Waals surface area contributed by atoms with Gasteiger partial charge in [-0.2, -0.15) is 0 Å². The van der Waals surface area contributed by atoms with Crippen LogP contribution >= 0.6 is 0 Å². The van der Waals surface area contributed by atoms with Gasteiger partial charge in [0, 0.05) is 54.8 Å². The second kappa shape index (κ2) is 17.1. The molecule has 5 heteroatoms. The van der Waals surface area contributed by atoms with Crippen LogP contribution in [0.1, 0.15) is 0 Å².